The molecular weight excluding hydrogens is 232 g/mol. The van der Waals surface area contributed by atoms with Crippen molar-refractivity contribution in [2.45, 2.75) is 6.42 Å². The largest absolute Gasteiger partial charge is 0.478 e. The Morgan fingerprint density at radius 2 is 2.23 bits per heavy atom. The predicted octanol–water partition coefficient (Wildman–Crippen LogP) is 2.47. The molecule has 0 unspecified atom stereocenters. The van der Waals surface area contributed by atoms with Gasteiger partial charge in [-0.3, -0.25) is 0 Å². The van der Waals surface area contributed by atoms with Gasteiger partial charge in [0.1, 0.15) is 0 Å². The molecule has 66 valence electrons. The van der Waals surface area contributed by atoms with E-state index in [1.165, 1.54) is 0 Å². The van der Waals surface area contributed by atoms with Gasteiger partial charge < -0.3 is 5.11 Å². The standard InChI is InChI=1S/C10H7BrO2/c11-9-3-1-2-6-4-7(10(12)13)5-8(6)9/h1-4H,5H2,(H,12,13). The summed E-state index contributed by atoms with van der Waals surface area (Å²) in [5.41, 5.74) is 2.54. The number of halogens is 1. The topological polar surface area (TPSA) is 37.3 Å². The first-order chi connectivity index (χ1) is 6.18. The van der Waals surface area contributed by atoms with E-state index < -0.39 is 5.97 Å². The molecule has 0 atom stereocenters. The number of carboxylic acid groups (broad SMARTS) is 1. The van der Waals surface area contributed by atoms with Crippen LogP contribution in [0.4, 0.5) is 0 Å². The Bertz CT molecular complexity index is 407. The highest BCUT2D eigenvalue weighted by Gasteiger charge is 2.19. The molecular formula is C10H7BrO2. The van der Waals surface area contributed by atoms with Gasteiger partial charge in [0, 0.05) is 16.5 Å². The number of rotatable bonds is 1. The van der Waals surface area contributed by atoms with E-state index in [0.717, 1.165) is 15.6 Å². The van der Waals surface area contributed by atoms with Crippen molar-refractivity contribution in [2.24, 2.45) is 0 Å². The molecule has 1 N–H and O–H groups in total. The predicted molar refractivity (Wildman–Crippen MR) is 53.5 cm³/mol. The monoisotopic (exact) mass is 238 g/mol. The van der Waals surface area contributed by atoms with Gasteiger partial charge in [-0.15, -0.1) is 0 Å². The van der Waals surface area contributed by atoms with Gasteiger partial charge in [0.25, 0.3) is 0 Å². The van der Waals surface area contributed by atoms with Crippen LogP contribution in [-0.4, -0.2) is 11.1 Å². The zero-order valence-electron chi connectivity index (χ0n) is 6.75. The third-order valence-corrected chi connectivity index (χ3v) is 2.87. The van der Waals surface area contributed by atoms with Crippen molar-refractivity contribution in [1.82, 2.24) is 0 Å². The molecule has 2 nitrogen and oxygen atoms in total. The quantitative estimate of drug-likeness (QED) is 0.817. The summed E-state index contributed by atoms with van der Waals surface area (Å²) in [6.45, 7) is 0. The van der Waals surface area contributed by atoms with Crippen LogP contribution in [0.15, 0.2) is 28.2 Å². The molecule has 1 aromatic carbocycles. The first kappa shape index (κ1) is 8.51. The molecule has 13 heavy (non-hydrogen) atoms. The highest BCUT2D eigenvalue weighted by Crippen LogP contribution is 2.30. The Hall–Kier alpha value is -1.09. The van der Waals surface area contributed by atoms with E-state index in [-0.39, 0.29) is 0 Å². The minimum Gasteiger partial charge on any atom is -0.478 e. The molecule has 0 aromatic heterocycles. The zero-order valence-corrected chi connectivity index (χ0v) is 8.34. The number of aliphatic carboxylic acids is 1. The molecule has 0 saturated heterocycles. The molecule has 0 heterocycles. The Balaban J connectivity index is 2.46. The summed E-state index contributed by atoms with van der Waals surface area (Å²) in [4.78, 5) is 10.7. The summed E-state index contributed by atoms with van der Waals surface area (Å²) in [7, 11) is 0. The number of hydrogen-bond acceptors (Lipinski definition) is 1. The van der Waals surface area contributed by atoms with Crippen LogP contribution in [0.1, 0.15) is 11.1 Å². The molecule has 0 radical (unpaired) electrons. The van der Waals surface area contributed by atoms with E-state index in [9.17, 15) is 4.79 Å². The van der Waals surface area contributed by atoms with Crippen molar-refractivity contribution in [3.05, 3.63) is 39.4 Å². The van der Waals surface area contributed by atoms with Crippen LogP contribution < -0.4 is 0 Å². The van der Waals surface area contributed by atoms with Gasteiger partial charge in [-0.25, -0.2) is 4.79 Å². The lowest BCUT2D eigenvalue weighted by Crippen LogP contribution is -1.99. The summed E-state index contributed by atoms with van der Waals surface area (Å²) < 4.78 is 0.984. The maximum absolute atomic E-state index is 10.7. The van der Waals surface area contributed by atoms with E-state index in [0.29, 0.717) is 12.0 Å². The zero-order chi connectivity index (χ0) is 9.42. The molecule has 0 amide bonds. The number of carbonyl (C=O) groups is 1. The van der Waals surface area contributed by atoms with Gasteiger partial charge in [-0.1, -0.05) is 28.1 Å². The summed E-state index contributed by atoms with van der Waals surface area (Å²) >= 11 is 3.40. The lowest BCUT2D eigenvalue weighted by molar-refractivity contribution is -0.132. The molecule has 0 fully saturated rings. The van der Waals surface area contributed by atoms with Gasteiger partial charge >= 0.3 is 5.97 Å². The van der Waals surface area contributed by atoms with Crippen molar-refractivity contribution in [2.75, 3.05) is 0 Å². The Morgan fingerprint density at radius 3 is 2.85 bits per heavy atom. The second-order valence-corrected chi connectivity index (χ2v) is 3.81. The summed E-state index contributed by atoms with van der Waals surface area (Å²) in [6, 6.07) is 5.76. The van der Waals surface area contributed by atoms with Crippen LogP contribution in [0.2, 0.25) is 0 Å². The molecule has 1 aromatic rings. The third-order valence-electron chi connectivity index (χ3n) is 2.13. The minimum atomic E-state index is -0.830. The van der Waals surface area contributed by atoms with Crippen LogP contribution in [0.25, 0.3) is 6.08 Å². The molecule has 3 heteroatoms. The summed E-state index contributed by atoms with van der Waals surface area (Å²) in [5, 5.41) is 8.79. The van der Waals surface area contributed by atoms with Gasteiger partial charge in [0.15, 0.2) is 0 Å². The second-order valence-electron chi connectivity index (χ2n) is 2.96. The molecule has 0 bridgehead atoms. The maximum atomic E-state index is 10.7. The average Bonchev–Trinajstić information content (AvgIpc) is 2.49. The van der Waals surface area contributed by atoms with Crippen molar-refractivity contribution >= 4 is 28.0 Å². The van der Waals surface area contributed by atoms with Crippen LogP contribution in [0.5, 0.6) is 0 Å². The Kier molecular flexibility index (Phi) is 1.96. The molecule has 1 aliphatic carbocycles. The fraction of sp³-hybridized carbons (Fsp3) is 0.100. The van der Waals surface area contributed by atoms with Crippen LogP contribution in [0, 0.1) is 0 Å². The lowest BCUT2D eigenvalue weighted by atomic mass is 10.1. The third kappa shape index (κ3) is 1.40. The molecule has 2 rings (SSSR count). The first-order valence-corrected chi connectivity index (χ1v) is 4.69. The van der Waals surface area contributed by atoms with E-state index in [4.69, 9.17) is 5.11 Å². The van der Waals surface area contributed by atoms with Gasteiger partial charge in [0.2, 0.25) is 0 Å². The number of benzene rings is 1. The van der Waals surface area contributed by atoms with Crippen molar-refractivity contribution < 1.29 is 9.90 Å². The van der Waals surface area contributed by atoms with Gasteiger partial charge in [-0.05, 0) is 23.3 Å². The second kappa shape index (κ2) is 3.00. The smallest absolute Gasteiger partial charge is 0.331 e. The summed E-state index contributed by atoms with van der Waals surface area (Å²) in [6.07, 6.45) is 2.24. The molecule has 1 aliphatic rings. The molecule has 0 saturated carbocycles. The lowest BCUT2D eigenvalue weighted by Gasteiger charge is -2.00. The number of fused-ring (bicyclic) bond motifs is 1. The van der Waals surface area contributed by atoms with E-state index >= 15 is 0 Å². The van der Waals surface area contributed by atoms with Crippen molar-refractivity contribution in [3.63, 3.8) is 0 Å². The average molecular weight is 239 g/mol. The van der Waals surface area contributed by atoms with E-state index in [2.05, 4.69) is 15.9 Å². The van der Waals surface area contributed by atoms with Crippen LogP contribution >= 0.6 is 15.9 Å². The highest BCUT2D eigenvalue weighted by atomic mass is 79.9. The SMILES string of the molecule is O=C(O)C1=Cc2cccc(Br)c2C1. The molecule has 0 aliphatic heterocycles. The normalized spacial score (nSPS) is 13.8. The van der Waals surface area contributed by atoms with Crippen LogP contribution in [0.3, 0.4) is 0 Å². The maximum Gasteiger partial charge on any atom is 0.331 e. The highest BCUT2D eigenvalue weighted by molar-refractivity contribution is 9.10. The van der Waals surface area contributed by atoms with E-state index in [1.54, 1.807) is 6.08 Å². The number of hydrogen-bond donors (Lipinski definition) is 1. The van der Waals surface area contributed by atoms with E-state index in [1.807, 2.05) is 18.2 Å². The fourth-order valence-corrected chi connectivity index (χ4v) is 1.99. The summed E-state index contributed by atoms with van der Waals surface area (Å²) in [5.74, 6) is -0.830. The van der Waals surface area contributed by atoms with Crippen molar-refractivity contribution in [3.8, 4) is 0 Å². The van der Waals surface area contributed by atoms with Crippen LogP contribution in [-0.2, 0) is 11.2 Å². The number of carboxylic acids is 1. The Labute approximate surface area is 84.0 Å². The fourth-order valence-electron chi connectivity index (χ4n) is 1.46. The Morgan fingerprint density at radius 1 is 1.46 bits per heavy atom. The van der Waals surface area contributed by atoms with Crippen molar-refractivity contribution in [1.29, 1.82) is 0 Å². The minimum absolute atomic E-state index is 0.460. The first-order valence-electron chi connectivity index (χ1n) is 3.90. The van der Waals surface area contributed by atoms with Gasteiger partial charge in [-0.2, -0.15) is 0 Å². The van der Waals surface area contributed by atoms with Gasteiger partial charge in [0.05, 0.1) is 0 Å². The molecule has 0 spiro atoms.